The predicted molar refractivity (Wildman–Crippen MR) is 133 cm³/mol. The van der Waals surface area contributed by atoms with E-state index < -0.39 is 5.91 Å². The lowest BCUT2D eigenvalue weighted by atomic mass is 9.95. The highest BCUT2D eigenvalue weighted by Crippen LogP contribution is 2.28. The van der Waals surface area contributed by atoms with Gasteiger partial charge in [0.2, 0.25) is 5.91 Å². The molecule has 0 radical (unpaired) electrons. The molecule has 1 fully saturated rings. The Morgan fingerprint density at radius 2 is 1.74 bits per heavy atom. The smallest absolute Gasteiger partial charge is 0.269 e. The molecule has 8 nitrogen and oxygen atoms in total. The van der Waals surface area contributed by atoms with Gasteiger partial charge in [-0.25, -0.2) is 0 Å². The number of hydrogen-bond acceptors (Lipinski definition) is 5. The van der Waals surface area contributed by atoms with Gasteiger partial charge in [-0.05, 0) is 61.9 Å². The van der Waals surface area contributed by atoms with Crippen molar-refractivity contribution in [3.8, 4) is 11.5 Å². The van der Waals surface area contributed by atoms with E-state index >= 15 is 0 Å². The summed E-state index contributed by atoms with van der Waals surface area (Å²) < 4.78 is 11.1. The molecule has 3 amide bonds. The van der Waals surface area contributed by atoms with Gasteiger partial charge >= 0.3 is 0 Å². The van der Waals surface area contributed by atoms with Crippen LogP contribution in [0.2, 0.25) is 0 Å². The number of hydrogen-bond donors (Lipinski definition) is 2. The Hall–Kier alpha value is -3.55. The van der Waals surface area contributed by atoms with Crippen LogP contribution in [0, 0.1) is 18.8 Å². The molecule has 188 valence electrons. The number of amides is 3. The maximum atomic E-state index is 12.8. The van der Waals surface area contributed by atoms with Crippen LogP contribution in [0.4, 0.5) is 0 Å². The average molecular weight is 482 g/mol. The zero-order chi connectivity index (χ0) is 25.4. The number of carbonyl (C=O) groups excluding carboxylic acids is 3. The van der Waals surface area contributed by atoms with Crippen LogP contribution in [0.25, 0.3) is 0 Å². The average Bonchev–Trinajstić information content (AvgIpc) is 2.87. The topological polar surface area (TPSA) is 97.0 Å². The molecule has 2 aromatic carbocycles. The summed E-state index contributed by atoms with van der Waals surface area (Å²) in [6.45, 7) is 7.71. The van der Waals surface area contributed by atoms with E-state index in [9.17, 15) is 14.4 Å². The van der Waals surface area contributed by atoms with Crippen molar-refractivity contribution in [3.63, 3.8) is 0 Å². The van der Waals surface area contributed by atoms with Gasteiger partial charge < -0.3 is 14.4 Å². The second kappa shape index (κ2) is 12.2. The Labute approximate surface area is 206 Å². The monoisotopic (exact) mass is 481 g/mol. The molecular weight excluding hydrogens is 446 g/mol. The normalized spacial score (nSPS) is 13.9. The summed E-state index contributed by atoms with van der Waals surface area (Å²) >= 11 is 0. The van der Waals surface area contributed by atoms with E-state index in [1.165, 1.54) is 7.11 Å². The van der Waals surface area contributed by atoms with Crippen LogP contribution in [-0.4, -0.2) is 49.4 Å². The minimum Gasteiger partial charge on any atom is -0.493 e. The van der Waals surface area contributed by atoms with Gasteiger partial charge in [-0.1, -0.05) is 32.0 Å². The van der Waals surface area contributed by atoms with Crippen LogP contribution in [0.3, 0.4) is 0 Å². The van der Waals surface area contributed by atoms with Gasteiger partial charge in [-0.3, -0.25) is 25.2 Å². The van der Waals surface area contributed by atoms with E-state index in [1.54, 1.807) is 23.1 Å². The maximum absolute atomic E-state index is 12.8. The molecule has 0 atom stereocenters. The standard InChI is InChI=1S/C27H35N3O5/c1-18(2)13-16-35-23-10-9-21(17-24(23)34-4)26(32)29-28-25(31)20-11-14-30(15-12-20)27(33)22-8-6-5-7-19(22)3/h5-10,17-18,20H,11-16H2,1-4H3,(H,28,31)(H,29,32). The Morgan fingerprint density at radius 1 is 1.03 bits per heavy atom. The minimum absolute atomic E-state index is 0.0131. The van der Waals surface area contributed by atoms with Crippen molar-refractivity contribution in [2.45, 2.75) is 40.0 Å². The minimum atomic E-state index is -0.447. The van der Waals surface area contributed by atoms with Gasteiger partial charge in [-0.15, -0.1) is 0 Å². The van der Waals surface area contributed by atoms with Crippen molar-refractivity contribution in [2.24, 2.45) is 11.8 Å². The highest BCUT2D eigenvalue weighted by atomic mass is 16.5. The SMILES string of the molecule is COc1cc(C(=O)NNC(=O)C2CCN(C(=O)c3ccccc3C)CC2)ccc1OCCC(C)C. The third-order valence-corrected chi connectivity index (χ3v) is 6.21. The Morgan fingerprint density at radius 3 is 2.40 bits per heavy atom. The Kier molecular flexibility index (Phi) is 9.11. The van der Waals surface area contributed by atoms with Gasteiger partial charge in [0.1, 0.15) is 0 Å². The van der Waals surface area contributed by atoms with Crippen molar-refractivity contribution in [2.75, 3.05) is 26.8 Å². The van der Waals surface area contributed by atoms with Crippen LogP contribution in [0.1, 0.15) is 59.4 Å². The lowest BCUT2D eigenvalue weighted by Crippen LogP contribution is -2.48. The predicted octanol–water partition coefficient (Wildman–Crippen LogP) is 3.74. The van der Waals surface area contributed by atoms with E-state index in [0.29, 0.717) is 61.1 Å². The van der Waals surface area contributed by atoms with Crippen LogP contribution in [-0.2, 0) is 4.79 Å². The van der Waals surface area contributed by atoms with Crippen LogP contribution < -0.4 is 20.3 Å². The third kappa shape index (κ3) is 6.97. The fraction of sp³-hybridized carbons (Fsp3) is 0.444. The number of rotatable bonds is 8. The lowest BCUT2D eigenvalue weighted by molar-refractivity contribution is -0.127. The lowest BCUT2D eigenvalue weighted by Gasteiger charge is -2.31. The van der Waals surface area contributed by atoms with Crippen LogP contribution in [0.15, 0.2) is 42.5 Å². The number of nitrogens with zero attached hydrogens (tertiary/aromatic N) is 1. The van der Waals surface area contributed by atoms with E-state index in [0.717, 1.165) is 12.0 Å². The van der Waals surface area contributed by atoms with Crippen LogP contribution >= 0.6 is 0 Å². The summed E-state index contributed by atoms with van der Waals surface area (Å²) in [6, 6.07) is 12.4. The number of carbonyl (C=O) groups is 3. The van der Waals surface area contributed by atoms with Crippen molar-refractivity contribution >= 4 is 17.7 Å². The second-order valence-corrected chi connectivity index (χ2v) is 9.22. The summed E-state index contributed by atoms with van der Waals surface area (Å²) in [6.07, 6.45) is 1.99. The first-order valence-electron chi connectivity index (χ1n) is 12.1. The van der Waals surface area contributed by atoms with E-state index in [2.05, 4.69) is 24.7 Å². The molecule has 3 rings (SSSR count). The first kappa shape index (κ1) is 26.1. The largest absolute Gasteiger partial charge is 0.493 e. The second-order valence-electron chi connectivity index (χ2n) is 9.22. The Bertz CT molecular complexity index is 1040. The maximum Gasteiger partial charge on any atom is 0.269 e. The Balaban J connectivity index is 1.48. The van der Waals surface area contributed by atoms with Gasteiger partial charge in [0, 0.05) is 30.1 Å². The molecule has 0 bridgehead atoms. The first-order chi connectivity index (χ1) is 16.8. The van der Waals surface area contributed by atoms with Gasteiger partial charge in [0.15, 0.2) is 11.5 Å². The molecule has 35 heavy (non-hydrogen) atoms. The number of nitrogens with one attached hydrogen (secondary N) is 2. The number of likely N-dealkylation sites (tertiary alicyclic amines) is 1. The van der Waals surface area contributed by atoms with Gasteiger partial charge in [-0.2, -0.15) is 0 Å². The number of hydrazine groups is 1. The molecule has 2 N–H and O–H groups in total. The van der Waals surface area contributed by atoms with Crippen LogP contribution in [0.5, 0.6) is 11.5 Å². The first-order valence-corrected chi connectivity index (χ1v) is 12.1. The summed E-state index contributed by atoms with van der Waals surface area (Å²) in [5.74, 6) is 0.553. The molecule has 8 heteroatoms. The number of ether oxygens (including phenoxy) is 2. The summed E-state index contributed by atoms with van der Waals surface area (Å²) in [5.41, 5.74) is 6.97. The number of methoxy groups -OCH3 is 1. The molecule has 1 heterocycles. The van der Waals surface area contributed by atoms with Crippen molar-refractivity contribution in [3.05, 3.63) is 59.2 Å². The number of piperidine rings is 1. The van der Waals surface area contributed by atoms with Crippen molar-refractivity contribution < 1.29 is 23.9 Å². The molecule has 0 unspecified atom stereocenters. The molecule has 1 aliphatic heterocycles. The van der Waals surface area contributed by atoms with Crippen molar-refractivity contribution in [1.82, 2.24) is 15.8 Å². The molecule has 0 aromatic heterocycles. The van der Waals surface area contributed by atoms with E-state index in [1.807, 2.05) is 31.2 Å². The van der Waals surface area contributed by atoms with E-state index in [4.69, 9.17) is 9.47 Å². The zero-order valence-corrected chi connectivity index (χ0v) is 20.9. The highest BCUT2D eigenvalue weighted by Gasteiger charge is 2.28. The molecule has 2 aromatic rings. The summed E-state index contributed by atoms with van der Waals surface area (Å²) in [7, 11) is 1.52. The molecule has 1 aliphatic rings. The molecule has 1 saturated heterocycles. The molecule has 0 saturated carbocycles. The quantitative estimate of drug-likeness (QED) is 0.560. The van der Waals surface area contributed by atoms with Crippen molar-refractivity contribution in [1.29, 1.82) is 0 Å². The summed E-state index contributed by atoms with van der Waals surface area (Å²) in [5, 5.41) is 0. The van der Waals surface area contributed by atoms with Gasteiger partial charge in [0.05, 0.1) is 13.7 Å². The van der Waals surface area contributed by atoms with Gasteiger partial charge in [0.25, 0.3) is 11.8 Å². The fourth-order valence-electron chi connectivity index (χ4n) is 3.95. The highest BCUT2D eigenvalue weighted by molar-refractivity contribution is 5.97. The number of aryl methyl sites for hydroxylation is 1. The molecular formula is C27H35N3O5. The van der Waals surface area contributed by atoms with E-state index in [-0.39, 0.29) is 17.7 Å². The molecule has 0 aliphatic carbocycles. The summed E-state index contributed by atoms with van der Waals surface area (Å²) in [4.78, 5) is 39.7. The number of benzene rings is 2. The third-order valence-electron chi connectivity index (χ3n) is 6.21. The zero-order valence-electron chi connectivity index (χ0n) is 20.9. The molecule has 0 spiro atoms. The fourth-order valence-corrected chi connectivity index (χ4v) is 3.95.